The molecule has 5 heteroatoms. The predicted octanol–water partition coefficient (Wildman–Crippen LogP) is 1.66. The molecule has 1 aliphatic rings. The van der Waals surface area contributed by atoms with E-state index in [1.165, 1.54) is 6.42 Å². The highest BCUT2D eigenvalue weighted by atomic mass is 16.5. The summed E-state index contributed by atoms with van der Waals surface area (Å²) in [5, 5.41) is 10.3. The molecule has 0 saturated carbocycles. The number of carbonyl (C=O) groups is 1. The molecule has 5 nitrogen and oxygen atoms in total. The molecule has 19 heavy (non-hydrogen) atoms. The number of nitrogens with zero attached hydrogens (tertiary/aromatic N) is 1. The summed E-state index contributed by atoms with van der Waals surface area (Å²) in [6.07, 6.45) is 3.03. The average molecular weight is 265 g/mol. The van der Waals surface area contributed by atoms with Gasteiger partial charge in [0.2, 0.25) is 0 Å². The van der Waals surface area contributed by atoms with E-state index in [1.54, 1.807) is 0 Å². The number of amides is 1. The van der Waals surface area contributed by atoms with Crippen LogP contribution in [0.2, 0.25) is 0 Å². The number of aromatic nitrogens is 1. The van der Waals surface area contributed by atoms with E-state index in [9.17, 15) is 4.79 Å². The van der Waals surface area contributed by atoms with Crippen LogP contribution in [0.25, 0.3) is 0 Å². The van der Waals surface area contributed by atoms with E-state index in [4.69, 9.17) is 4.52 Å². The van der Waals surface area contributed by atoms with Gasteiger partial charge in [0.05, 0.1) is 5.69 Å². The first kappa shape index (κ1) is 14.1. The van der Waals surface area contributed by atoms with E-state index < -0.39 is 0 Å². The van der Waals surface area contributed by atoms with Crippen LogP contribution in [0.4, 0.5) is 0 Å². The second-order valence-electron chi connectivity index (χ2n) is 5.29. The molecule has 2 unspecified atom stereocenters. The molecular weight excluding hydrogens is 242 g/mol. The molecule has 1 saturated heterocycles. The Kier molecular flexibility index (Phi) is 4.58. The Labute approximate surface area is 114 Å². The van der Waals surface area contributed by atoms with E-state index in [-0.39, 0.29) is 11.9 Å². The van der Waals surface area contributed by atoms with Crippen molar-refractivity contribution in [3.63, 3.8) is 0 Å². The van der Waals surface area contributed by atoms with Gasteiger partial charge in [0, 0.05) is 12.5 Å². The van der Waals surface area contributed by atoms with Crippen molar-refractivity contribution in [2.45, 2.75) is 46.1 Å². The van der Waals surface area contributed by atoms with Crippen molar-refractivity contribution in [1.29, 1.82) is 0 Å². The van der Waals surface area contributed by atoms with Gasteiger partial charge in [-0.2, -0.15) is 0 Å². The molecule has 2 atom stereocenters. The molecule has 2 rings (SSSR count). The van der Waals surface area contributed by atoms with Crippen molar-refractivity contribution in [3.05, 3.63) is 17.0 Å². The number of rotatable bonds is 4. The van der Waals surface area contributed by atoms with E-state index in [0.717, 1.165) is 19.5 Å². The van der Waals surface area contributed by atoms with Crippen molar-refractivity contribution in [2.24, 2.45) is 5.92 Å². The highest BCUT2D eigenvalue weighted by molar-refractivity contribution is 5.96. The van der Waals surface area contributed by atoms with Crippen LogP contribution in [-0.4, -0.2) is 30.2 Å². The Hall–Kier alpha value is -1.36. The number of carbonyl (C=O) groups excluding carboxylic acids is 1. The summed E-state index contributed by atoms with van der Waals surface area (Å²) in [6.45, 7) is 7.91. The number of piperidine rings is 1. The first-order chi connectivity index (χ1) is 9.13. The van der Waals surface area contributed by atoms with Crippen LogP contribution in [-0.2, 0) is 6.42 Å². The van der Waals surface area contributed by atoms with Gasteiger partial charge in [0.25, 0.3) is 5.91 Å². The summed E-state index contributed by atoms with van der Waals surface area (Å²) in [6, 6.07) is 0.166. The van der Waals surface area contributed by atoms with E-state index in [2.05, 4.69) is 22.7 Å². The molecule has 2 N–H and O–H groups in total. The zero-order valence-corrected chi connectivity index (χ0v) is 12.0. The SMILES string of the molecule is CCc1onc(C)c1C(=O)NC(C)C1CCCNC1. The number of hydrogen-bond acceptors (Lipinski definition) is 4. The van der Waals surface area contributed by atoms with Gasteiger partial charge in [0.15, 0.2) is 0 Å². The number of aryl methyl sites for hydroxylation is 2. The molecule has 106 valence electrons. The zero-order valence-electron chi connectivity index (χ0n) is 12.0. The van der Waals surface area contributed by atoms with E-state index in [1.807, 2.05) is 13.8 Å². The van der Waals surface area contributed by atoms with Crippen molar-refractivity contribution < 1.29 is 9.32 Å². The van der Waals surface area contributed by atoms with Crippen LogP contribution in [0.1, 0.15) is 48.5 Å². The first-order valence-corrected chi connectivity index (χ1v) is 7.10. The largest absolute Gasteiger partial charge is 0.360 e. The molecule has 1 aromatic heterocycles. The fraction of sp³-hybridized carbons (Fsp3) is 0.714. The quantitative estimate of drug-likeness (QED) is 0.869. The second kappa shape index (κ2) is 6.19. The van der Waals surface area contributed by atoms with Gasteiger partial charge in [-0.25, -0.2) is 0 Å². The highest BCUT2D eigenvalue weighted by Gasteiger charge is 2.25. The molecule has 0 radical (unpaired) electrons. The topological polar surface area (TPSA) is 67.2 Å². The van der Waals surface area contributed by atoms with Crippen molar-refractivity contribution in [1.82, 2.24) is 15.8 Å². The lowest BCUT2D eigenvalue weighted by Gasteiger charge is -2.28. The molecule has 0 aromatic carbocycles. The molecule has 2 heterocycles. The number of hydrogen-bond donors (Lipinski definition) is 2. The van der Waals surface area contributed by atoms with Crippen molar-refractivity contribution in [2.75, 3.05) is 13.1 Å². The van der Waals surface area contributed by atoms with Crippen LogP contribution in [0, 0.1) is 12.8 Å². The lowest BCUT2D eigenvalue weighted by atomic mass is 9.92. The predicted molar refractivity (Wildman–Crippen MR) is 73.1 cm³/mol. The van der Waals surface area contributed by atoms with E-state index in [0.29, 0.717) is 29.4 Å². The third kappa shape index (κ3) is 3.15. The Bertz CT molecular complexity index is 436. The average Bonchev–Trinajstić information content (AvgIpc) is 2.80. The molecular formula is C14H23N3O2. The van der Waals surface area contributed by atoms with Crippen LogP contribution in [0.15, 0.2) is 4.52 Å². The normalized spacial score (nSPS) is 21.1. The second-order valence-corrected chi connectivity index (χ2v) is 5.29. The molecule has 0 aliphatic carbocycles. The maximum Gasteiger partial charge on any atom is 0.257 e. The minimum atomic E-state index is -0.0614. The number of nitrogens with one attached hydrogen (secondary N) is 2. The summed E-state index contributed by atoms with van der Waals surface area (Å²) in [4.78, 5) is 12.3. The van der Waals surface area contributed by atoms with Crippen LogP contribution in [0.3, 0.4) is 0 Å². The minimum Gasteiger partial charge on any atom is -0.360 e. The van der Waals surface area contributed by atoms with Gasteiger partial charge in [-0.15, -0.1) is 0 Å². The third-order valence-corrected chi connectivity index (χ3v) is 3.88. The summed E-state index contributed by atoms with van der Waals surface area (Å²) in [5.41, 5.74) is 1.28. The minimum absolute atomic E-state index is 0.0614. The smallest absolute Gasteiger partial charge is 0.257 e. The summed E-state index contributed by atoms with van der Waals surface area (Å²) in [5.74, 6) is 1.11. The van der Waals surface area contributed by atoms with Gasteiger partial charge in [0.1, 0.15) is 11.3 Å². The maximum absolute atomic E-state index is 12.3. The molecule has 0 spiro atoms. The molecule has 0 bridgehead atoms. The molecule has 1 fully saturated rings. The van der Waals surface area contributed by atoms with E-state index >= 15 is 0 Å². The Morgan fingerprint density at radius 3 is 3.05 bits per heavy atom. The Balaban J connectivity index is 2.01. The van der Waals surface area contributed by atoms with Gasteiger partial charge in [-0.1, -0.05) is 12.1 Å². The summed E-state index contributed by atoms with van der Waals surface area (Å²) >= 11 is 0. The van der Waals surface area contributed by atoms with Crippen LogP contribution >= 0.6 is 0 Å². The molecule has 1 aliphatic heterocycles. The fourth-order valence-corrected chi connectivity index (χ4v) is 2.65. The molecule has 1 amide bonds. The van der Waals surface area contributed by atoms with Crippen LogP contribution < -0.4 is 10.6 Å². The van der Waals surface area contributed by atoms with Gasteiger partial charge < -0.3 is 15.2 Å². The van der Waals surface area contributed by atoms with Gasteiger partial charge >= 0.3 is 0 Å². The van der Waals surface area contributed by atoms with Crippen LogP contribution in [0.5, 0.6) is 0 Å². The van der Waals surface area contributed by atoms with Gasteiger partial charge in [-0.3, -0.25) is 4.79 Å². The Morgan fingerprint density at radius 1 is 1.63 bits per heavy atom. The first-order valence-electron chi connectivity index (χ1n) is 7.10. The summed E-state index contributed by atoms with van der Waals surface area (Å²) in [7, 11) is 0. The monoisotopic (exact) mass is 265 g/mol. The standard InChI is InChI=1S/C14H23N3O2/c1-4-12-13(10(3)17-19-12)14(18)16-9(2)11-6-5-7-15-8-11/h9,11,15H,4-8H2,1-3H3,(H,16,18). The third-order valence-electron chi connectivity index (χ3n) is 3.88. The maximum atomic E-state index is 12.3. The lowest BCUT2D eigenvalue weighted by Crippen LogP contribution is -2.44. The van der Waals surface area contributed by atoms with Crippen molar-refractivity contribution in [3.8, 4) is 0 Å². The zero-order chi connectivity index (χ0) is 13.8. The van der Waals surface area contributed by atoms with Gasteiger partial charge in [-0.05, 0) is 45.7 Å². The summed E-state index contributed by atoms with van der Waals surface area (Å²) < 4.78 is 5.17. The highest BCUT2D eigenvalue weighted by Crippen LogP contribution is 2.17. The lowest BCUT2D eigenvalue weighted by molar-refractivity contribution is 0.0919. The Morgan fingerprint density at radius 2 is 2.42 bits per heavy atom. The van der Waals surface area contributed by atoms with Crippen molar-refractivity contribution >= 4 is 5.91 Å². The molecule has 1 aromatic rings. The fourth-order valence-electron chi connectivity index (χ4n) is 2.65.